The molecule has 1 saturated heterocycles. The molecule has 1 fully saturated rings. The molecule has 0 aromatic rings. The maximum absolute atomic E-state index is 5.79. The molecule has 3 unspecified atom stereocenters. The molecule has 1 rings (SSSR count). The van der Waals surface area contributed by atoms with Crippen molar-refractivity contribution in [3.05, 3.63) is 12.7 Å². The summed E-state index contributed by atoms with van der Waals surface area (Å²) in [6, 6.07) is 0.636. The van der Waals surface area contributed by atoms with Gasteiger partial charge in [-0.05, 0) is 38.6 Å². The molecule has 0 aromatic carbocycles. The van der Waals surface area contributed by atoms with Crippen molar-refractivity contribution in [1.29, 1.82) is 0 Å². The number of hydrogen-bond donors (Lipinski definition) is 1. The van der Waals surface area contributed by atoms with Gasteiger partial charge >= 0.3 is 0 Å². The van der Waals surface area contributed by atoms with Crippen LogP contribution in [-0.2, 0) is 4.74 Å². The average molecular weight is 225 g/mol. The second-order valence-corrected chi connectivity index (χ2v) is 4.65. The van der Waals surface area contributed by atoms with Crippen molar-refractivity contribution >= 4 is 0 Å². The molecule has 0 saturated carbocycles. The van der Waals surface area contributed by atoms with Gasteiger partial charge in [-0.15, -0.1) is 6.58 Å². The standard InChI is InChI=1S/C14H27NO/c1-4-7-8-9-13(15-6-3)12-10-11-16-14(12)5-2/h4,12-15H,1,5-11H2,2-3H3. The first-order valence-corrected chi connectivity index (χ1v) is 6.79. The number of rotatable bonds is 8. The van der Waals surface area contributed by atoms with Gasteiger partial charge in [0.05, 0.1) is 6.10 Å². The van der Waals surface area contributed by atoms with Crippen LogP contribution in [0.25, 0.3) is 0 Å². The topological polar surface area (TPSA) is 21.3 Å². The van der Waals surface area contributed by atoms with Gasteiger partial charge in [0.2, 0.25) is 0 Å². The Bertz CT molecular complexity index is 193. The van der Waals surface area contributed by atoms with Crippen molar-refractivity contribution in [3.8, 4) is 0 Å². The fourth-order valence-corrected chi connectivity index (χ4v) is 2.76. The van der Waals surface area contributed by atoms with E-state index in [4.69, 9.17) is 4.74 Å². The van der Waals surface area contributed by atoms with Gasteiger partial charge in [0.15, 0.2) is 0 Å². The molecule has 1 aliphatic rings. The quantitative estimate of drug-likeness (QED) is 0.506. The maximum Gasteiger partial charge on any atom is 0.0616 e. The van der Waals surface area contributed by atoms with Crippen LogP contribution >= 0.6 is 0 Å². The van der Waals surface area contributed by atoms with Crippen LogP contribution in [0.1, 0.15) is 46.0 Å². The van der Waals surface area contributed by atoms with Gasteiger partial charge in [-0.2, -0.15) is 0 Å². The molecule has 3 atom stereocenters. The van der Waals surface area contributed by atoms with Gasteiger partial charge in [-0.3, -0.25) is 0 Å². The summed E-state index contributed by atoms with van der Waals surface area (Å²) in [4.78, 5) is 0. The summed E-state index contributed by atoms with van der Waals surface area (Å²) < 4.78 is 5.79. The number of allylic oxidation sites excluding steroid dienone is 1. The summed E-state index contributed by atoms with van der Waals surface area (Å²) >= 11 is 0. The Hall–Kier alpha value is -0.340. The normalized spacial score (nSPS) is 26.9. The molecule has 1 heterocycles. The molecular formula is C14H27NO. The Balaban J connectivity index is 2.43. The summed E-state index contributed by atoms with van der Waals surface area (Å²) in [6.07, 6.45) is 8.50. The molecular weight excluding hydrogens is 198 g/mol. The third kappa shape index (κ3) is 3.91. The average Bonchev–Trinajstić information content (AvgIpc) is 2.76. The van der Waals surface area contributed by atoms with Gasteiger partial charge < -0.3 is 10.1 Å². The highest BCUT2D eigenvalue weighted by atomic mass is 16.5. The summed E-state index contributed by atoms with van der Waals surface area (Å²) in [7, 11) is 0. The van der Waals surface area contributed by atoms with Gasteiger partial charge in [-0.25, -0.2) is 0 Å². The lowest BCUT2D eigenvalue weighted by molar-refractivity contribution is 0.0764. The molecule has 0 radical (unpaired) electrons. The van der Waals surface area contributed by atoms with E-state index in [1.807, 2.05) is 6.08 Å². The van der Waals surface area contributed by atoms with Gasteiger partial charge in [-0.1, -0.05) is 19.9 Å². The van der Waals surface area contributed by atoms with Gasteiger partial charge in [0.1, 0.15) is 0 Å². The van der Waals surface area contributed by atoms with E-state index in [9.17, 15) is 0 Å². The van der Waals surface area contributed by atoms with Crippen molar-refractivity contribution in [3.63, 3.8) is 0 Å². The number of nitrogens with one attached hydrogen (secondary N) is 1. The van der Waals surface area contributed by atoms with E-state index in [0.717, 1.165) is 31.9 Å². The van der Waals surface area contributed by atoms with E-state index < -0.39 is 0 Å². The zero-order valence-corrected chi connectivity index (χ0v) is 10.9. The van der Waals surface area contributed by atoms with E-state index in [1.54, 1.807) is 0 Å². The Kier molecular flexibility index (Phi) is 6.74. The summed E-state index contributed by atoms with van der Waals surface area (Å²) in [5.74, 6) is 0.717. The predicted molar refractivity (Wildman–Crippen MR) is 69.7 cm³/mol. The molecule has 16 heavy (non-hydrogen) atoms. The highest BCUT2D eigenvalue weighted by Crippen LogP contribution is 2.28. The van der Waals surface area contributed by atoms with E-state index >= 15 is 0 Å². The minimum Gasteiger partial charge on any atom is -0.378 e. The lowest BCUT2D eigenvalue weighted by Crippen LogP contribution is -2.39. The van der Waals surface area contributed by atoms with Crippen LogP contribution in [0.2, 0.25) is 0 Å². The Labute approximate surface area is 100 Å². The Morgan fingerprint density at radius 1 is 1.50 bits per heavy atom. The monoisotopic (exact) mass is 225 g/mol. The number of hydrogen-bond acceptors (Lipinski definition) is 2. The highest BCUT2D eigenvalue weighted by molar-refractivity contribution is 4.86. The zero-order valence-electron chi connectivity index (χ0n) is 10.9. The molecule has 0 aromatic heterocycles. The van der Waals surface area contributed by atoms with Crippen LogP contribution in [0.4, 0.5) is 0 Å². The summed E-state index contributed by atoms with van der Waals surface area (Å²) in [6.45, 7) is 10.2. The van der Waals surface area contributed by atoms with Gasteiger partial charge in [0, 0.05) is 18.6 Å². The molecule has 1 N–H and O–H groups in total. The SMILES string of the molecule is C=CCCCC(NCC)C1CCOC1CC. The third-order valence-corrected chi connectivity index (χ3v) is 3.57. The highest BCUT2D eigenvalue weighted by Gasteiger charge is 2.32. The fourth-order valence-electron chi connectivity index (χ4n) is 2.76. The van der Waals surface area contributed by atoms with Crippen molar-refractivity contribution < 1.29 is 4.74 Å². The molecule has 2 heteroatoms. The zero-order chi connectivity index (χ0) is 11.8. The largest absolute Gasteiger partial charge is 0.378 e. The first-order chi connectivity index (χ1) is 7.83. The fraction of sp³-hybridized carbons (Fsp3) is 0.857. The van der Waals surface area contributed by atoms with Crippen LogP contribution in [0.3, 0.4) is 0 Å². The summed E-state index contributed by atoms with van der Waals surface area (Å²) in [5.41, 5.74) is 0. The third-order valence-electron chi connectivity index (χ3n) is 3.57. The van der Waals surface area contributed by atoms with Crippen molar-refractivity contribution in [1.82, 2.24) is 5.32 Å². The van der Waals surface area contributed by atoms with Crippen molar-refractivity contribution in [2.24, 2.45) is 5.92 Å². The molecule has 0 bridgehead atoms. The molecule has 0 amide bonds. The Morgan fingerprint density at radius 3 is 2.94 bits per heavy atom. The molecule has 0 spiro atoms. The predicted octanol–water partition coefficient (Wildman–Crippen LogP) is 3.14. The minimum absolute atomic E-state index is 0.479. The second-order valence-electron chi connectivity index (χ2n) is 4.65. The van der Waals surface area contributed by atoms with Crippen LogP contribution in [0, 0.1) is 5.92 Å². The van der Waals surface area contributed by atoms with E-state index in [0.29, 0.717) is 12.1 Å². The Morgan fingerprint density at radius 2 is 2.31 bits per heavy atom. The van der Waals surface area contributed by atoms with Crippen LogP contribution in [-0.4, -0.2) is 25.3 Å². The molecule has 94 valence electrons. The maximum atomic E-state index is 5.79. The van der Waals surface area contributed by atoms with E-state index in [-0.39, 0.29) is 0 Å². The van der Waals surface area contributed by atoms with Crippen LogP contribution < -0.4 is 5.32 Å². The number of unbranched alkanes of at least 4 members (excludes halogenated alkanes) is 1. The molecule has 1 aliphatic heterocycles. The molecule has 0 aliphatic carbocycles. The smallest absolute Gasteiger partial charge is 0.0616 e. The molecule has 2 nitrogen and oxygen atoms in total. The van der Waals surface area contributed by atoms with Crippen LogP contribution in [0.5, 0.6) is 0 Å². The van der Waals surface area contributed by atoms with Gasteiger partial charge in [0.25, 0.3) is 0 Å². The lowest BCUT2D eigenvalue weighted by atomic mass is 9.88. The number of ether oxygens (including phenoxy) is 1. The first kappa shape index (κ1) is 13.7. The van der Waals surface area contributed by atoms with Crippen LogP contribution in [0.15, 0.2) is 12.7 Å². The second kappa shape index (κ2) is 7.86. The van der Waals surface area contributed by atoms with E-state index in [1.165, 1.54) is 19.3 Å². The van der Waals surface area contributed by atoms with Crippen molar-refractivity contribution in [2.75, 3.05) is 13.2 Å². The van der Waals surface area contributed by atoms with E-state index in [2.05, 4.69) is 25.7 Å². The minimum atomic E-state index is 0.479. The summed E-state index contributed by atoms with van der Waals surface area (Å²) in [5, 5.41) is 3.63. The lowest BCUT2D eigenvalue weighted by Gasteiger charge is -2.27. The van der Waals surface area contributed by atoms with Crippen molar-refractivity contribution in [2.45, 2.75) is 58.1 Å². The first-order valence-electron chi connectivity index (χ1n) is 6.79.